The Bertz CT molecular complexity index is 177. The molecule has 1 nitrogen and oxygen atoms in total. The largest absolute Gasteiger partial charge is 0.303 e. The lowest BCUT2D eigenvalue weighted by atomic mass is 10.1. The van der Waals surface area contributed by atoms with Crippen LogP contribution >= 0.6 is 0 Å². The van der Waals surface area contributed by atoms with Crippen molar-refractivity contribution in [2.75, 3.05) is 19.6 Å². The van der Waals surface area contributed by atoms with Crippen molar-refractivity contribution in [2.45, 2.75) is 98.3 Å². The van der Waals surface area contributed by atoms with Gasteiger partial charge in [0.25, 0.3) is 0 Å². The summed E-state index contributed by atoms with van der Waals surface area (Å²) < 4.78 is 0. The number of hydrogen-bond acceptors (Lipinski definition) is 1. The number of rotatable bonds is 15. The van der Waals surface area contributed by atoms with E-state index in [-0.39, 0.29) is 0 Å². The van der Waals surface area contributed by atoms with Crippen LogP contribution in [0.2, 0.25) is 0 Å². The van der Waals surface area contributed by atoms with E-state index in [1.54, 1.807) is 0 Å². The Hall–Kier alpha value is -0.0400. The maximum Gasteiger partial charge on any atom is 0.000438 e. The van der Waals surface area contributed by atoms with Gasteiger partial charge in [-0.15, -0.1) is 0 Å². The van der Waals surface area contributed by atoms with Crippen LogP contribution in [0, 0.1) is 5.92 Å². The van der Waals surface area contributed by atoms with Crippen LogP contribution in [0.4, 0.5) is 0 Å². The zero-order chi connectivity index (χ0) is 15.1. The van der Waals surface area contributed by atoms with Crippen LogP contribution in [0.15, 0.2) is 0 Å². The van der Waals surface area contributed by atoms with Gasteiger partial charge >= 0.3 is 0 Å². The van der Waals surface area contributed by atoms with Crippen molar-refractivity contribution >= 4 is 0 Å². The van der Waals surface area contributed by atoms with Gasteiger partial charge in [-0.25, -0.2) is 0 Å². The zero-order valence-corrected chi connectivity index (χ0v) is 14.9. The Morgan fingerprint density at radius 2 is 1.00 bits per heavy atom. The number of unbranched alkanes of at least 4 members (excludes halogenated alkanes) is 9. The number of hydrogen-bond donors (Lipinski definition) is 0. The molecule has 122 valence electrons. The lowest BCUT2D eigenvalue weighted by Crippen LogP contribution is -2.30. The van der Waals surface area contributed by atoms with Gasteiger partial charge < -0.3 is 4.90 Å². The molecule has 0 N–H and O–H groups in total. The van der Waals surface area contributed by atoms with Gasteiger partial charge in [0.1, 0.15) is 0 Å². The van der Waals surface area contributed by atoms with E-state index in [1.165, 1.54) is 90.3 Å². The quantitative estimate of drug-likeness (QED) is 0.320. The molecule has 0 unspecified atom stereocenters. The van der Waals surface area contributed by atoms with Crippen LogP contribution in [-0.4, -0.2) is 24.5 Å². The smallest absolute Gasteiger partial charge is 0.000438 e. The molecule has 0 spiro atoms. The molecular weight excluding hydrogens is 242 g/mol. The highest BCUT2D eigenvalue weighted by atomic mass is 15.1. The van der Waals surface area contributed by atoms with Crippen molar-refractivity contribution in [2.24, 2.45) is 5.92 Å². The standard InChI is InChI=1S/C19H41N/c1-5-7-9-11-13-15-17-20(18-19(3)4)16-14-12-10-8-6-2/h19H,5-18H2,1-4H3. The van der Waals surface area contributed by atoms with E-state index in [0.717, 1.165) is 5.92 Å². The van der Waals surface area contributed by atoms with Gasteiger partial charge in [-0.3, -0.25) is 0 Å². The third kappa shape index (κ3) is 14.4. The molecule has 1 heteroatoms. The minimum absolute atomic E-state index is 0.811. The van der Waals surface area contributed by atoms with Crippen molar-refractivity contribution in [3.63, 3.8) is 0 Å². The predicted octanol–water partition coefficient (Wildman–Crippen LogP) is 6.28. The van der Waals surface area contributed by atoms with E-state index in [2.05, 4.69) is 32.6 Å². The van der Waals surface area contributed by atoms with Crippen LogP contribution in [-0.2, 0) is 0 Å². The van der Waals surface area contributed by atoms with Crippen molar-refractivity contribution in [3.05, 3.63) is 0 Å². The predicted molar refractivity (Wildman–Crippen MR) is 93.4 cm³/mol. The molecule has 0 heterocycles. The Morgan fingerprint density at radius 1 is 0.600 bits per heavy atom. The molecule has 0 atom stereocenters. The van der Waals surface area contributed by atoms with Crippen LogP contribution in [0.25, 0.3) is 0 Å². The first-order valence-electron chi connectivity index (χ1n) is 9.43. The molecule has 0 bridgehead atoms. The van der Waals surface area contributed by atoms with Gasteiger partial charge in [0.05, 0.1) is 0 Å². The Kier molecular flexibility index (Phi) is 15.3. The summed E-state index contributed by atoms with van der Waals surface area (Å²) in [4.78, 5) is 2.72. The highest BCUT2D eigenvalue weighted by Gasteiger charge is 2.06. The van der Waals surface area contributed by atoms with Crippen LogP contribution in [0.3, 0.4) is 0 Å². The highest BCUT2D eigenvalue weighted by molar-refractivity contribution is 4.61. The van der Waals surface area contributed by atoms with E-state index < -0.39 is 0 Å². The SMILES string of the molecule is CCCCCCCCN(CCCCCCC)CC(C)C. The number of nitrogens with zero attached hydrogens (tertiary/aromatic N) is 1. The Balaban J connectivity index is 3.62. The van der Waals surface area contributed by atoms with Gasteiger partial charge in [-0.05, 0) is 31.8 Å². The second-order valence-corrected chi connectivity index (χ2v) is 6.88. The minimum atomic E-state index is 0.811. The van der Waals surface area contributed by atoms with Crippen molar-refractivity contribution < 1.29 is 0 Å². The third-order valence-electron chi connectivity index (χ3n) is 4.03. The van der Waals surface area contributed by atoms with Crippen molar-refractivity contribution in [3.8, 4) is 0 Å². The molecular formula is C19H41N. The van der Waals surface area contributed by atoms with Crippen molar-refractivity contribution in [1.82, 2.24) is 4.90 Å². The average Bonchev–Trinajstić information content (AvgIpc) is 2.41. The van der Waals surface area contributed by atoms with E-state index in [4.69, 9.17) is 0 Å². The molecule has 0 saturated carbocycles. The summed E-state index contributed by atoms with van der Waals surface area (Å²) in [6.07, 6.45) is 15.6. The zero-order valence-electron chi connectivity index (χ0n) is 14.9. The first-order valence-corrected chi connectivity index (χ1v) is 9.43. The molecule has 0 aromatic rings. The van der Waals surface area contributed by atoms with Gasteiger partial charge in [0.15, 0.2) is 0 Å². The Labute approximate surface area is 129 Å². The summed E-state index contributed by atoms with van der Waals surface area (Å²) in [6, 6.07) is 0. The summed E-state index contributed by atoms with van der Waals surface area (Å²) >= 11 is 0. The summed E-state index contributed by atoms with van der Waals surface area (Å²) in [5.41, 5.74) is 0. The van der Waals surface area contributed by atoms with Crippen LogP contribution < -0.4 is 0 Å². The summed E-state index contributed by atoms with van der Waals surface area (Å²) in [6.45, 7) is 13.3. The van der Waals surface area contributed by atoms with E-state index >= 15 is 0 Å². The normalized spacial score (nSPS) is 11.7. The van der Waals surface area contributed by atoms with Gasteiger partial charge in [0.2, 0.25) is 0 Å². The Morgan fingerprint density at radius 3 is 1.40 bits per heavy atom. The summed E-state index contributed by atoms with van der Waals surface area (Å²) in [7, 11) is 0. The molecule has 0 amide bonds. The third-order valence-corrected chi connectivity index (χ3v) is 4.03. The molecule has 0 rings (SSSR count). The molecule has 20 heavy (non-hydrogen) atoms. The fourth-order valence-electron chi connectivity index (χ4n) is 2.87. The van der Waals surface area contributed by atoms with Gasteiger partial charge in [-0.2, -0.15) is 0 Å². The topological polar surface area (TPSA) is 3.24 Å². The minimum Gasteiger partial charge on any atom is -0.303 e. The average molecular weight is 284 g/mol. The molecule has 0 radical (unpaired) electrons. The fourth-order valence-corrected chi connectivity index (χ4v) is 2.87. The molecule has 0 aliphatic heterocycles. The van der Waals surface area contributed by atoms with E-state index in [1.807, 2.05) is 0 Å². The molecule has 0 saturated heterocycles. The maximum atomic E-state index is 2.72. The second-order valence-electron chi connectivity index (χ2n) is 6.88. The molecule has 0 fully saturated rings. The lowest BCUT2D eigenvalue weighted by molar-refractivity contribution is 0.233. The first kappa shape index (κ1) is 20.0. The summed E-state index contributed by atoms with van der Waals surface area (Å²) in [5.74, 6) is 0.811. The second kappa shape index (κ2) is 15.4. The summed E-state index contributed by atoms with van der Waals surface area (Å²) in [5, 5.41) is 0. The fraction of sp³-hybridized carbons (Fsp3) is 1.00. The highest BCUT2D eigenvalue weighted by Crippen LogP contribution is 2.09. The molecule has 0 aromatic carbocycles. The van der Waals surface area contributed by atoms with Gasteiger partial charge in [0, 0.05) is 6.54 Å². The van der Waals surface area contributed by atoms with E-state index in [0.29, 0.717) is 0 Å². The molecule has 0 aromatic heterocycles. The lowest BCUT2D eigenvalue weighted by Gasteiger charge is -2.24. The monoisotopic (exact) mass is 283 g/mol. The molecule has 0 aliphatic carbocycles. The van der Waals surface area contributed by atoms with Gasteiger partial charge in [-0.1, -0.05) is 85.5 Å². The van der Waals surface area contributed by atoms with E-state index in [9.17, 15) is 0 Å². The maximum absolute atomic E-state index is 2.72. The van der Waals surface area contributed by atoms with Crippen LogP contribution in [0.5, 0.6) is 0 Å². The first-order chi connectivity index (χ1) is 9.70. The molecule has 0 aliphatic rings. The van der Waals surface area contributed by atoms with Crippen molar-refractivity contribution in [1.29, 1.82) is 0 Å². The van der Waals surface area contributed by atoms with Crippen LogP contribution in [0.1, 0.15) is 98.3 Å².